The molecule has 2 atom stereocenters. The van der Waals surface area contributed by atoms with E-state index >= 15 is 0 Å². The third-order valence-electron chi connectivity index (χ3n) is 5.55. The van der Waals surface area contributed by atoms with E-state index in [1.165, 1.54) is 4.90 Å². The fourth-order valence-corrected chi connectivity index (χ4v) is 4.27. The molecule has 1 saturated carbocycles. The van der Waals surface area contributed by atoms with Gasteiger partial charge in [-0.2, -0.15) is 0 Å². The number of amides is 4. The normalized spacial score (nSPS) is 23.1. The number of carbonyl (C=O) groups is 3. The molecule has 7 nitrogen and oxygen atoms in total. The van der Waals surface area contributed by atoms with Gasteiger partial charge < -0.3 is 4.74 Å². The molecule has 152 valence electrons. The summed E-state index contributed by atoms with van der Waals surface area (Å²) in [5.74, 6) is -0.586. The Morgan fingerprint density at radius 1 is 1.18 bits per heavy atom. The third-order valence-corrected chi connectivity index (χ3v) is 5.78. The summed E-state index contributed by atoms with van der Waals surface area (Å²) in [6.45, 7) is 2.47. The van der Waals surface area contributed by atoms with E-state index in [1.54, 1.807) is 37.3 Å². The zero-order chi connectivity index (χ0) is 20.4. The average Bonchev–Trinajstić information content (AvgIpc) is 2.86. The molecule has 3 rings (SSSR count). The van der Waals surface area contributed by atoms with Crippen molar-refractivity contribution in [1.29, 1.82) is 0 Å². The monoisotopic (exact) mass is 407 g/mol. The zero-order valence-electron chi connectivity index (χ0n) is 16.5. The fourth-order valence-electron chi connectivity index (χ4n) is 4.07. The topological polar surface area (TPSA) is 70.2 Å². The second-order valence-electron chi connectivity index (χ2n) is 7.63. The van der Waals surface area contributed by atoms with Crippen LogP contribution < -0.4 is 4.74 Å². The van der Waals surface area contributed by atoms with Gasteiger partial charge in [-0.25, -0.2) is 9.69 Å². The van der Waals surface area contributed by atoms with Crippen LogP contribution in [0.5, 0.6) is 5.75 Å². The summed E-state index contributed by atoms with van der Waals surface area (Å²) in [5, 5.41) is 0.574. The Balaban J connectivity index is 1.71. The minimum atomic E-state index is -0.757. The molecule has 1 heterocycles. The molecule has 2 fully saturated rings. The number of imide groups is 2. The molecule has 1 saturated heterocycles. The second kappa shape index (κ2) is 8.49. The highest BCUT2D eigenvalue weighted by Crippen LogP contribution is 2.31. The number of hydrogen-bond acceptors (Lipinski definition) is 5. The molecule has 0 aromatic heterocycles. The Morgan fingerprint density at radius 3 is 2.57 bits per heavy atom. The number of ether oxygens (including phenoxy) is 1. The summed E-state index contributed by atoms with van der Waals surface area (Å²) in [6, 6.07) is 4.58. The summed E-state index contributed by atoms with van der Waals surface area (Å²) >= 11 is 6.07. The van der Waals surface area contributed by atoms with Gasteiger partial charge in [0.2, 0.25) is 0 Å². The van der Waals surface area contributed by atoms with Crippen molar-refractivity contribution in [3.8, 4) is 5.75 Å². The number of hydrogen-bond donors (Lipinski definition) is 0. The molecule has 1 aliphatic heterocycles. The van der Waals surface area contributed by atoms with Crippen molar-refractivity contribution in [2.24, 2.45) is 5.92 Å². The van der Waals surface area contributed by atoms with Crippen molar-refractivity contribution in [2.45, 2.75) is 45.2 Å². The van der Waals surface area contributed by atoms with Crippen molar-refractivity contribution in [3.05, 3.63) is 28.8 Å². The van der Waals surface area contributed by atoms with Gasteiger partial charge in [-0.05, 0) is 44.0 Å². The first kappa shape index (κ1) is 20.6. The number of benzene rings is 1. The van der Waals surface area contributed by atoms with E-state index in [2.05, 4.69) is 0 Å². The van der Waals surface area contributed by atoms with Crippen LogP contribution in [-0.4, -0.2) is 59.4 Å². The number of urea groups is 1. The molecule has 0 spiro atoms. The maximum absolute atomic E-state index is 12.9. The molecule has 1 aromatic carbocycles. The van der Waals surface area contributed by atoms with Crippen LogP contribution in [0.3, 0.4) is 0 Å². The van der Waals surface area contributed by atoms with Gasteiger partial charge in [-0.3, -0.25) is 19.4 Å². The van der Waals surface area contributed by atoms with Gasteiger partial charge in [-0.1, -0.05) is 31.4 Å². The van der Waals surface area contributed by atoms with E-state index in [4.69, 9.17) is 16.3 Å². The molecule has 4 amide bonds. The van der Waals surface area contributed by atoms with Gasteiger partial charge in [0.15, 0.2) is 0 Å². The number of rotatable bonds is 6. The van der Waals surface area contributed by atoms with Crippen LogP contribution in [0.2, 0.25) is 5.02 Å². The summed E-state index contributed by atoms with van der Waals surface area (Å²) in [5.41, 5.74) is 0.834. The smallest absolute Gasteiger partial charge is 0.335 e. The van der Waals surface area contributed by atoms with Crippen LogP contribution in [0.25, 0.3) is 0 Å². The standard InChI is InChI=1S/C20H26ClN3O4/c1-13-6-4-5-7-16(13)24-19(26)18(25)23(20(24)27)12-22(2)11-14-10-15(21)8-9-17(14)28-3/h8-10,13,16H,4-7,11-12H2,1-3H3/t13-,16+/m0/s1. The largest absolute Gasteiger partial charge is 0.496 e. The highest BCUT2D eigenvalue weighted by Gasteiger charge is 2.49. The summed E-state index contributed by atoms with van der Waals surface area (Å²) in [6.07, 6.45) is 3.78. The molecular formula is C20H26ClN3O4. The molecule has 1 aromatic rings. The number of halogens is 1. The van der Waals surface area contributed by atoms with E-state index in [0.29, 0.717) is 17.3 Å². The van der Waals surface area contributed by atoms with Gasteiger partial charge in [0.05, 0.1) is 13.8 Å². The van der Waals surface area contributed by atoms with Crippen LogP contribution in [0, 0.1) is 5.92 Å². The SMILES string of the molecule is COc1ccc(Cl)cc1CN(C)CN1C(=O)C(=O)N([C@@H]2CCCC[C@@H]2C)C1=O. The molecule has 0 unspecified atom stereocenters. The van der Waals surface area contributed by atoms with Crippen molar-refractivity contribution < 1.29 is 19.1 Å². The Morgan fingerprint density at radius 2 is 1.89 bits per heavy atom. The minimum Gasteiger partial charge on any atom is -0.496 e. The molecule has 1 aliphatic carbocycles. The quantitative estimate of drug-likeness (QED) is 0.535. The summed E-state index contributed by atoms with van der Waals surface area (Å²) in [4.78, 5) is 41.9. The van der Waals surface area contributed by atoms with E-state index in [1.807, 2.05) is 6.92 Å². The van der Waals surface area contributed by atoms with Crippen molar-refractivity contribution in [2.75, 3.05) is 20.8 Å². The lowest BCUT2D eigenvalue weighted by atomic mass is 9.85. The highest BCUT2D eigenvalue weighted by atomic mass is 35.5. The Hall–Kier alpha value is -2.12. The van der Waals surface area contributed by atoms with Crippen LogP contribution in [0.4, 0.5) is 4.79 Å². The molecule has 0 N–H and O–H groups in total. The molecule has 0 bridgehead atoms. The van der Waals surface area contributed by atoms with Crippen LogP contribution in [0.15, 0.2) is 18.2 Å². The molecule has 28 heavy (non-hydrogen) atoms. The Kier molecular flexibility index (Phi) is 6.25. The number of carbonyl (C=O) groups excluding carboxylic acids is 3. The maximum Gasteiger partial charge on any atom is 0.335 e. The predicted octanol–water partition coefficient (Wildman–Crippen LogP) is 3.11. The summed E-state index contributed by atoms with van der Waals surface area (Å²) in [7, 11) is 3.35. The van der Waals surface area contributed by atoms with Gasteiger partial charge in [0.25, 0.3) is 0 Å². The molecule has 8 heteroatoms. The van der Waals surface area contributed by atoms with E-state index < -0.39 is 17.8 Å². The molecule has 0 radical (unpaired) electrons. The lowest BCUT2D eigenvalue weighted by molar-refractivity contribution is -0.145. The molecular weight excluding hydrogens is 382 g/mol. The average molecular weight is 408 g/mol. The Labute approximate surface area is 170 Å². The zero-order valence-corrected chi connectivity index (χ0v) is 17.2. The second-order valence-corrected chi connectivity index (χ2v) is 8.07. The van der Waals surface area contributed by atoms with Gasteiger partial charge in [-0.15, -0.1) is 0 Å². The summed E-state index contributed by atoms with van der Waals surface area (Å²) < 4.78 is 5.34. The predicted molar refractivity (Wildman–Crippen MR) is 105 cm³/mol. The van der Waals surface area contributed by atoms with E-state index in [9.17, 15) is 14.4 Å². The minimum absolute atomic E-state index is 0.0245. The number of nitrogens with zero attached hydrogens (tertiary/aromatic N) is 3. The first-order chi connectivity index (χ1) is 13.3. The van der Waals surface area contributed by atoms with Gasteiger partial charge in [0, 0.05) is 23.2 Å². The highest BCUT2D eigenvalue weighted by molar-refractivity contribution is 6.44. The van der Waals surface area contributed by atoms with Crippen molar-refractivity contribution in [1.82, 2.24) is 14.7 Å². The van der Waals surface area contributed by atoms with Crippen molar-refractivity contribution >= 4 is 29.4 Å². The molecule has 2 aliphatic rings. The van der Waals surface area contributed by atoms with E-state index in [-0.39, 0.29) is 18.6 Å². The first-order valence-electron chi connectivity index (χ1n) is 9.53. The van der Waals surface area contributed by atoms with Crippen LogP contribution in [0.1, 0.15) is 38.2 Å². The van der Waals surface area contributed by atoms with Gasteiger partial charge in [0.1, 0.15) is 5.75 Å². The van der Waals surface area contributed by atoms with Crippen LogP contribution >= 0.6 is 11.6 Å². The Bertz CT molecular complexity index is 785. The van der Waals surface area contributed by atoms with Gasteiger partial charge >= 0.3 is 17.8 Å². The third kappa shape index (κ3) is 4.00. The fraction of sp³-hybridized carbons (Fsp3) is 0.550. The maximum atomic E-state index is 12.9. The van der Waals surface area contributed by atoms with Crippen molar-refractivity contribution in [3.63, 3.8) is 0 Å². The van der Waals surface area contributed by atoms with Crippen LogP contribution in [-0.2, 0) is 16.1 Å². The first-order valence-corrected chi connectivity index (χ1v) is 9.91. The number of methoxy groups -OCH3 is 1. The lowest BCUT2D eigenvalue weighted by Gasteiger charge is -2.34. The van der Waals surface area contributed by atoms with E-state index in [0.717, 1.165) is 36.1 Å². The lowest BCUT2D eigenvalue weighted by Crippen LogP contribution is -2.46.